The van der Waals surface area contributed by atoms with E-state index < -0.39 is 25.2 Å². The molecule has 7 nitrogen and oxygen atoms in total. The summed E-state index contributed by atoms with van der Waals surface area (Å²) in [7, 11) is 0. The quantitative estimate of drug-likeness (QED) is 0.285. The highest BCUT2D eigenvalue weighted by atomic mass is 17.2. The number of hydrogen-bond donors (Lipinski definition) is 2. The molecule has 0 saturated heterocycles. The molecular formula is C4H8O7. The van der Waals surface area contributed by atoms with Crippen molar-refractivity contribution in [3.8, 4) is 0 Å². The Labute approximate surface area is 61.4 Å². The molecule has 0 unspecified atom stereocenters. The zero-order valence-electron chi connectivity index (χ0n) is 5.44. The molecule has 0 aromatic heterocycles. The summed E-state index contributed by atoms with van der Waals surface area (Å²) in [5.74, 6) is -2.43. The molecule has 0 saturated carbocycles. The molecule has 4 N–H and O–H groups in total. The first-order chi connectivity index (χ1) is 4.63. The van der Waals surface area contributed by atoms with Gasteiger partial charge in [0.25, 0.3) is 0 Å². The van der Waals surface area contributed by atoms with Gasteiger partial charge in [0.05, 0.1) is 0 Å². The lowest BCUT2D eigenvalue weighted by atomic mass is 10.8. The smallest absolute Gasteiger partial charge is 0.333 e. The molecule has 0 aromatic rings. The maximum Gasteiger partial charge on any atom is 0.333 e. The largest absolute Gasteiger partial charge is 0.479 e. The number of aliphatic carboxylic acids is 2. The lowest BCUT2D eigenvalue weighted by molar-refractivity contribution is -0.289. The summed E-state index contributed by atoms with van der Waals surface area (Å²) in [5.41, 5.74) is 0. The minimum atomic E-state index is -1.22. The molecule has 0 aliphatic rings. The van der Waals surface area contributed by atoms with Crippen LogP contribution in [0.25, 0.3) is 0 Å². The first kappa shape index (κ1) is 12.5. The molecule has 0 atom stereocenters. The van der Waals surface area contributed by atoms with Gasteiger partial charge in [-0.3, -0.25) is 0 Å². The van der Waals surface area contributed by atoms with Crippen molar-refractivity contribution in [1.82, 2.24) is 0 Å². The normalized spacial score (nSPS) is 8.36. The molecule has 11 heavy (non-hydrogen) atoms. The Bertz CT molecular complexity index is 114. The van der Waals surface area contributed by atoms with E-state index in [0.29, 0.717) is 0 Å². The molecule has 66 valence electrons. The van der Waals surface area contributed by atoms with E-state index in [9.17, 15) is 9.59 Å². The van der Waals surface area contributed by atoms with Crippen LogP contribution in [0.1, 0.15) is 0 Å². The summed E-state index contributed by atoms with van der Waals surface area (Å²) in [4.78, 5) is 27.2. The van der Waals surface area contributed by atoms with Crippen molar-refractivity contribution in [3.05, 3.63) is 0 Å². The predicted octanol–water partition coefficient (Wildman–Crippen LogP) is -1.72. The first-order valence-corrected chi connectivity index (χ1v) is 2.31. The minimum absolute atomic E-state index is 0. The highest BCUT2D eigenvalue weighted by Gasteiger charge is 1.99. The maximum absolute atomic E-state index is 9.69. The molecule has 0 amide bonds. The van der Waals surface area contributed by atoms with Gasteiger partial charge in [-0.2, -0.15) is 0 Å². The molecule has 0 aliphatic carbocycles. The van der Waals surface area contributed by atoms with E-state index in [-0.39, 0.29) is 5.48 Å². The van der Waals surface area contributed by atoms with E-state index in [1.165, 1.54) is 0 Å². The van der Waals surface area contributed by atoms with Crippen LogP contribution in [0, 0.1) is 0 Å². The van der Waals surface area contributed by atoms with Gasteiger partial charge in [-0.15, -0.1) is 0 Å². The number of hydrogen-bond acceptors (Lipinski definition) is 4. The summed E-state index contributed by atoms with van der Waals surface area (Å²) >= 11 is 0. The Morgan fingerprint density at radius 3 is 1.45 bits per heavy atom. The molecule has 0 fully saturated rings. The number of rotatable bonds is 5. The third-order valence-electron chi connectivity index (χ3n) is 0.448. The van der Waals surface area contributed by atoms with Gasteiger partial charge in [0.15, 0.2) is 13.2 Å². The molecule has 0 bridgehead atoms. The van der Waals surface area contributed by atoms with Gasteiger partial charge >= 0.3 is 11.9 Å². The van der Waals surface area contributed by atoms with Crippen molar-refractivity contribution in [3.63, 3.8) is 0 Å². The van der Waals surface area contributed by atoms with E-state index in [2.05, 4.69) is 9.78 Å². The summed E-state index contributed by atoms with van der Waals surface area (Å²) in [6.45, 7) is -1.32. The van der Waals surface area contributed by atoms with Crippen LogP contribution in [-0.4, -0.2) is 40.8 Å². The Hall–Kier alpha value is -1.18. The second-order valence-electron chi connectivity index (χ2n) is 1.31. The fourth-order valence-corrected chi connectivity index (χ4v) is 0.184. The van der Waals surface area contributed by atoms with E-state index in [4.69, 9.17) is 10.2 Å². The van der Waals surface area contributed by atoms with Crippen LogP contribution in [0.2, 0.25) is 0 Å². The molecular weight excluding hydrogens is 160 g/mol. The van der Waals surface area contributed by atoms with Crippen LogP contribution in [0.4, 0.5) is 0 Å². The van der Waals surface area contributed by atoms with Gasteiger partial charge in [0.2, 0.25) is 0 Å². The van der Waals surface area contributed by atoms with Gasteiger partial charge in [-0.05, 0) is 0 Å². The summed E-state index contributed by atoms with van der Waals surface area (Å²) < 4.78 is 0. The molecule has 0 radical (unpaired) electrons. The van der Waals surface area contributed by atoms with Gasteiger partial charge in [0.1, 0.15) is 0 Å². The second kappa shape index (κ2) is 6.93. The highest BCUT2D eigenvalue weighted by Crippen LogP contribution is 1.77. The highest BCUT2D eigenvalue weighted by molar-refractivity contribution is 5.68. The van der Waals surface area contributed by atoms with Crippen LogP contribution in [0.15, 0.2) is 0 Å². The van der Waals surface area contributed by atoms with E-state index >= 15 is 0 Å². The van der Waals surface area contributed by atoms with Crippen molar-refractivity contribution < 1.29 is 35.1 Å². The Kier molecular flexibility index (Phi) is 7.87. The van der Waals surface area contributed by atoms with E-state index in [1.54, 1.807) is 0 Å². The average molecular weight is 168 g/mol. The predicted molar refractivity (Wildman–Crippen MR) is 30.8 cm³/mol. The summed E-state index contributed by atoms with van der Waals surface area (Å²) in [5, 5.41) is 15.9. The second-order valence-corrected chi connectivity index (χ2v) is 1.31. The van der Waals surface area contributed by atoms with Crippen molar-refractivity contribution in [1.29, 1.82) is 0 Å². The lowest BCUT2D eigenvalue weighted by Crippen LogP contribution is -2.12. The zero-order valence-corrected chi connectivity index (χ0v) is 5.44. The first-order valence-electron chi connectivity index (χ1n) is 2.31. The lowest BCUT2D eigenvalue weighted by Gasteiger charge is -1.95. The maximum atomic E-state index is 9.69. The Balaban J connectivity index is 0. The molecule has 0 rings (SSSR count). The summed E-state index contributed by atoms with van der Waals surface area (Å²) in [6.07, 6.45) is 0. The van der Waals surface area contributed by atoms with Gasteiger partial charge in [-0.25, -0.2) is 19.4 Å². The third-order valence-corrected chi connectivity index (χ3v) is 0.448. The van der Waals surface area contributed by atoms with Crippen molar-refractivity contribution in [2.45, 2.75) is 0 Å². The molecule has 7 heteroatoms. The number of carboxylic acids is 2. The van der Waals surface area contributed by atoms with Crippen LogP contribution in [-0.2, 0) is 19.4 Å². The van der Waals surface area contributed by atoms with Crippen LogP contribution >= 0.6 is 0 Å². The Morgan fingerprint density at radius 2 is 1.27 bits per heavy atom. The molecule has 0 heterocycles. The topological polar surface area (TPSA) is 125 Å². The van der Waals surface area contributed by atoms with Crippen LogP contribution in [0.5, 0.6) is 0 Å². The van der Waals surface area contributed by atoms with E-state index in [1.807, 2.05) is 0 Å². The van der Waals surface area contributed by atoms with E-state index in [0.717, 1.165) is 0 Å². The van der Waals surface area contributed by atoms with Gasteiger partial charge in [-0.1, -0.05) is 0 Å². The molecule has 0 aromatic carbocycles. The Morgan fingerprint density at radius 1 is 1.00 bits per heavy atom. The fraction of sp³-hybridized carbons (Fsp3) is 0.500. The molecule has 0 aliphatic heterocycles. The third kappa shape index (κ3) is 12.1. The minimum Gasteiger partial charge on any atom is -0.479 e. The van der Waals surface area contributed by atoms with Crippen LogP contribution in [0.3, 0.4) is 0 Å². The van der Waals surface area contributed by atoms with Gasteiger partial charge in [0, 0.05) is 0 Å². The van der Waals surface area contributed by atoms with Crippen molar-refractivity contribution >= 4 is 11.9 Å². The monoisotopic (exact) mass is 168 g/mol. The fourth-order valence-electron chi connectivity index (χ4n) is 0.184. The molecule has 0 spiro atoms. The summed E-state index contributed by atoms with van der Waals surface area (Å²) in [6, 6.07) is 0. The number of carbonyl (C=O) groups is 2. The van der Waals surface area contributed by atoms with Crippen molar-refractivity contribution in [2.24, 2.45) is 0 Å². The van der Waals surface area contributed by atoms with Crippen molar-refractivity contribution in [2.75, 3.05) is 13.2 Å². The van der Waals surface area contributed by atoms with Gasteiger partial charge < -0.3 is 15.7 Å². The number of carboxylic acid groups (broad SMARTS) is 2. The standard InChI is InChI=1S/C4H6O6.H2O/c5-3(6)1-9-10-2-4(7)8;/h1-2H2,(H,5,6)(H,7,8);1H2. The average Bonchev–Trinajstić information content (AvgIpc) is 1.79. The SMILES string of the molecule is O.O=C(O)COOCC(=O)O. The zero-order chi connectivity index (χ0) is 7.98. The van der Waals surface area contributed by atoms with Crippen LogP contribution < -0.4 is 0 Å².